The molecule has 4 nitrogen and oxygen atoms in total. The lowest BCUT2D eigenvalue weighted by molar-refractivity contribution is -0.115. The predicted octanol–water partition coefficient (Wildman–Crippen LogP) is 6.49. The lowest BCUT2D eigenvalue weighted by atomic mass is 9.98. The number of dihydropyridines is 1. The van der Waals surface area contributed by atoms with Crippen molar-refractivity contribution in [3.63, 3.8) is 0 Å². The molecule has 0 saturated carbocycles. The van der Waals surface area contributed by atoms with Gasteiger partial charge in [-0.25, -0.2) is 0 Å². The topological polar surface area (TPSA) is 58.6 Å². The van der Waals surface area contributed by atoms with Crippen LogP contribution in [-0.4, -0.2) is 16.9 Å². The van der Waals surface area contributed by atoms with Crippen LogP contribution < -0.4 is 10.1 Å². The number of phenolic OH excluding ortho intramolecular Hbond substituents is 1. The number of hydrogen-bond donors (Lipinski definition) is 2. The molecule has 1 aliphatic heterocycles. The molecule has 1 atom stereocenters. The highest BCUT2D eigenvalue weighted by Crippen LogP contribution is 2.30. The third-order valence-electron chi connectivity index (χ3n) is 5.54. The molecule has 2 aromatic carbocycles. The van der Waals surface area contributed by atoms with E-state index in [2.05, 4.69) is 18.3 Å². The zero-order valence-corrected chi connectivity index (χ0v) is 19.7. The zero-order chi connectivity index (χ0) is 23.6. The van der Waals surface area contributed by atoms with Crippen molar-refractivity contribution in [3.8, 4) is 11.5 Å². The van der Waals surface area contributed by atoms with E-state index in [1.807, 2.05) is 68.6 Å². The van der Waals surface area contributed by atoms with Crippen LogP contribution in [0.15, 0.2) is 90.2 Å². The van der Waals surface area contributed by atoms with Crippen molar-refractivity contribution in [3.05, 3.63) is 101 Å². The first kappa shape index (κ1) is 24.1. The number of nitrogens with one attached hydrogen (secondary N) is 1. The van der Waals surface area contributed by atoms with E-state index >= 15 is 0 Å². The normalized spacial score (nSPS) is 16.2. The second kappa shape index (κ2) is 11.9. The molecule has 0 aliphatic carbocycles. The second-order valence-electron chi connectivity index (χ2n) is 8.42. The Balaban J connectivity index is 1.70. The summed E-state index contributed by atoms with van der Waals surface area (Å²) in [4.78, 5) is 12.2. The SMILES string of the molecule is CCCC(=O)C1=CC(C/C(C)=C\C=C(/C)c2cc(O)ccc2OCc2ccccc2)NC=C1. The Morgan fingerprint density at radius 2 is 1.91 bits per heavy atom. The van der Waals surface area contributed by atoms with Gasteiger partial charge in [0, 0.05) is 23.6 Å². The number of benzene rings is 2. The smallest absolute Gasteiger partial charge is 0.162 e. The van der Waals surface area contributed by atoms with Gasteiger partial charge in [-0.2, -0.15) is 0 Å². The fraction of sp³-hybridized carbons (Fsp3) is 0.276. The average molecular weight is 444 g/mol. The van der Waals surface area contributed by atoms with E-state index in [0.29, 0.717) is 13.0 Å². The third-order valence-corrected chi connectivity index (χ3v) is 5.54. The van der Waals surface area contributed by atoms with Crippen molar-refractivity contribution < 1.29 is 14.6 Å². The molecule has 33 heavy (non-hydrogen) atoms. The summed E-state index contributed by atoms with van der Waals surface area (Å²) < 4.78 is 6.05. The van der Waals surface area contributed by atoms with E-state index in [4.69, 9.17) is 4.74 Å². The van der Waals surface area contributed by atoms with Gasteiger partial charge in [-0.15, -0.1) is 0 Å². The number of allylic oxidation sites excluding steroid dienone is 5. The highest BCUT2D eigenvalue weighted by Gasteiger charge is 2.14. The first-order valence-electron chi connectivity index (χ1n) is 11.5. The van der Waals surface area contributed by atoms with Crippen LogP contribution in [0.25, 0.3) is 5.57 Å². The van der Waals surface area contributed by atoms with Gasteiger partial charge in [-0.05, 0) is 68.3 Å². The maximum atomic E-state index is 12.2. The number of ketones is 1. The lowest BCUT2D eigenvalue weighted by Crippen LogP contribution is -2.26. The van der Waals surface area contributed by atoms with Gasteiger partial charge in [0.2, 0.25) is 0 Å². The summed E-state index contributed by atoms with van der Waals surface area (Å²) in [5.74, 6) is 1.14. The standard InChI is InChI=1S/C29H33NO3/c1-4-8-28(32)24-15-16-30-25(18-24)17-21(2)11-12-22(3)27-19-26(31)13-14-29(27)33-20-23-9-6-5-7-10-23/h5-7,9-16,18-19,25,30-31H,4,8,17,20H2,1-3H3/b21-11-,22-12+. The summed E-state index contributed by atoms with van der Waals surface area (Å²) in [6.45, 7) is 6.58. The predicted molar refractivity (Wildman–Crippen MR) is 135 cm³/mol. The molecule has 1 aliphatic rings. The second-order valence-corrected chi connectivity index (χ2v) is 8.42. The molecule has 0 amide bonds. The number of Topliss-reactive ketones (excluding diaryl/α,β-unsaturated/α-hetero) is 1. The number of carbonyl (C=O) groups excluding carboxylic acids is 1. The minimum absolute atomic E-state index is 0.0984. The van der Waals surface area contributed by atoms with Crippen LogP contribution in [0.3, 0.4) is 0 Å². The van der Waals surface area contributed by atoms with Gasteiger partial charge in [0.25, 0.3) is 0 Å². The Kier molecular flexibility index (Phi) is 8.71. The van der Waals surface area contributed by atoms with Crippen molar-refractivity contribution in [1.29, 1.82) is 0 Å². The number of aromatic hydroxyl groups is 1. The molecular formula is C29H33NO3. The maximum absolute atomic E-state index is 12.2. The van der Waals surface area contributed by atoms with Crippen LogP contribution >= 0.6 is 0 Å². The molecule has 0 spiro atoms. The summed E-state index contributed by atoms with van der Waals surface area (Å²) in [7, 11) is 0. The van der Waals surface area contributed by atoms with Crippen LogP contribution in [0.4, 0.5) is 0 Å². The summed E-state index contributed by atoms with van der Waals surface area (Å²) in [5.41, 5.74) is 4.93. The van der Waals surface area contributed by atoms with Crippen molar-refractivity contribution >= 4 is 11.4 Å². The minimum atomic E-state index is 0.0984. The largest absolute Gasteiger partial charge is 0.508 e. The van der Waals surface area contributed by atoms with E-state index < -0.39 is 0 Å². The number of hydrogen-bond acceptors (Lipinski definition) is 4. The van der Waals surface area contributed by atoms with E-state index in [1.54, 1.807) is 18.2 Å². The van der Waals surface area contributed by atoms with E-state index in [-0.39, 0.29) is 17.6 Å². The van der Waals surface area contributed by atoms with Crippen molar-refractivity contribution in [2.75, 3.05) is 0 Å². The fourth-order valence-electron chi connectivity index (χ4n) is 3.72. The van der Waals surface area contributed by atoms with Gasteiger partial charge < -0.3 is 15.2 Å². The summed E-state index contributed by atoms with van der Waals surface area (Å²) in [6.07, 6.45) is 12.1. The Morgan fingerprint density at radius 1 is 1.12 bits per heavy atom. The van der Waals surface area contributed by atoms with Gasteiger partial charge in [-0.1, -0.05) is 61.1 Å². The number of ether oxygens (including phenoxy) is 1. The number of carbonyl (C=O) groups is 1. The van der Waals surface area contributed by atoms with Crippen LogP contribution in [0.5, 0.6) is 11.5 Å². The molecule has 1 heterocycles. The molecule has 2 N–H and O–H groups in total. The number of phenols is 1. The van der Waals surface area contributed by atoms with Gasteiger partial charge in [0.05, 0.1) is 0 Å². The molecule has 2 aromatic rings. The van der Waals surface area contributed by atoms with Crippen molar-refractivity contribution in [2.24, 2.45) is 0 Å². The molecule has 0 fully saturated rings. The molecule has 0 aromatic heterocycles. The highest BCUT2D eigenvalue weighted by atomic mass is 16.5. The Bertz CT molecular complexity index is 1080. The quantitative estimate of drug-likeness (QED) is 0.412. The van der Waals surface area contributed by atoms with E-state index in [9.17, 15) is 9.90 Å². The van der Waals surface area contributed by atoms with Crippen molar-refractivity contribution in [2.45, 2.75) is 52.7 Å². The highest BCUT2D eigenvalue weighted by molar-refractivity contribution is 5.98. The van der Waals surface area contributed by atoms with E-state index in [0.717, 1.165) is 40.9 Å². The Labute approximate surface area is 197 Å². The molecule has 3 rings (SSSR count). The van der Waals surface area contributed by atoms with Crippen LogP contribution in [0, 0.1) is 0 Å². The molecule has 0 saturated heterocycles. The monoisotopic (exact) mass is 443 g/mol. The first-order valence-corrected chi connectivity index (χ1v) is 11.5. The molecule has 0 radical (unpaired) electrons. The van der Waals surface area contributed by atoms with Crippen LogP contribution in [0.1, 0.15) is 51.2 Å². The van der Waals surface area contributed by atoms with Crippen LogP contribution in [0.2, 0.25) is 0 Å². The van der Waals surface area contributed by atoms with Gasteiger partial charge >= 0.3 is 0 Å². The molecular weight excluding hydrogens is 410 g/mol. The maximum Gasteiger partial charge on any atom is 0.162 e. The molecule has 172 valence electrons. The zero-order valence-electron chi connectivity index (χ0n) is 19.7. The summed E-state index contributed by atoms with van der Waals surface area (Å²) in [6, 6.07) is 15.3. The van der Waals surface area contributed by atoms with Crippen molar-refractivity contribution in [1.82, 2.24) is 5.32 Å². The van der Waals surface area contributed by atoms with Gasteiger partial charge in [0.15, 0.2) is 5.78 Å². The molecule has 4 heteroatoms. The first-order chi connectivity index (χ1) is 16.0. The average Bonchev–Trinajstić information content (AvgIpc) is 2.82. The lowest BCUT2D eigenvalue weighted by Gasteiger charge is -2.19. The van der Waals surface area contributed by atoms with E-state index in [1.165, 1.54) is 5.57 Å². The Hall–Kier alpha value is -3.53. The molecule has 1 unspecified atom stereocenters. The minimum Gasteiger partial charge on any atom is -0.508 e. The number of rotatable bonds is 10. The van der Waals surface area contributed by atoms with Gasteiger partial charge in [-0.3, -0.25) is 4.79 Å². The van der Waals surface area contributed by atoms with Crippen LogP contribution in [-0.2, 0) is 11.4 Å². The fourth-order valence-corrected chi connectivity index (χ4v) is 3.72. The summed E-state index contributed by atoms with van der Waals surface area (Å²) >= 11 is 0. The third kappa shape index (κ3) is 7.25. The summed E-state index contributed by atoms with van der Waals surface area (Å²) in [5, 5.41) is 13.3. The Morgan fingerprint density at radius 3 is 2.67 bits per heavy atom. The molecule has 0 bridgehead atoms. The van der Waals surface area contributed by atoms with Gasteiger partial charge in [0.1, 0.15) is 18.1 Å².